The number of benzene rings is 2. The van der Waals surface area contributed by atoms with E-state index in [0.717, 1.165) is 22.3 Å². The van der Waals surface area contributed by atoms with Crippen molar-refractivity contribution in [2.75, 3.05) is 5.33 Å². The quantitative estimate of drug-likeness (QED) is 0.576. The first-order valence-corrected chi connectivity index (χ1v) is 8.24. The van der Waals surface area contributed by atoms with E-state index in [1.54, 1.807) is 0 Å². The van der Waals surface area contributed by atoms with Crippen LogP contribution in [0.5, 0.6) is 0 Å². The molecule has 0 heterocycles. The van der Waals surface area contributed by atoms with Gasteiger partial charge in [0.1, 0.15) is 11.6 Å². The van der Waals surface area contributed by atoms with Gasteiger partial charge in [-0.1, -0.05) is 50.1 Å². The van der Waals surface area contributed by atoms with E-state index in [1.165, 1.54) is 17.7 Å². The molecule has 2 rings (SSSR count). The van der Waals surface area contributed by atoms with Crippen LogP contribution < -0.4 is 0 Å². The highest BCUT2D eigenvalue weighted by Gasteiger charge is 2.13. The Bertz CT molecular complexity index is 584. The van der Waals surface area contributed by atoms with Gasteiger partial charge in [0, 0.05) is 15.9 Å². The van der Waals surface area contributed by atoms with Crippen molar-refractivity contribution in [1.82, 2.24) is 0 Å². The normalized spacial score (nSPS) is 12.4. The molecule has 0 spiro atoms. The Morgan fingerprint density at radius 3 is 2.45 bits per heavy atom. The van der Waals surface area contributed by atoms with Gasteiger partial charge in [0.25, 0.3) is 0 Å². The molecule has 0 saturated heterocycles. The molecule has 0 aromatic heterocycles. The molecule has 1 unspecified atom stereocenters. The van der Waals surface area contributed by atoms with Crippen LogP contribution in [0.15, 0.2) is 46.9 Å². The van der Waals surface area contributed by atoms with Gasteiger partial charge in [-0.25, -0.2) is 8.78 Å². The molecule has 0 nitrogen and oxygen atoms in total. The molecule has 0 bridgehead atoms. The van der Waals surface area contributed by atoms with Crippen LogP contribution in [-0.4, -0.2) is 5.33 Å². The molecule has 106 valence electrons. The van der Waals surface area contributed by atoms with Crippen molar-refractivity contribution < 1.29 is 8.78 Å². The van der Waals surface area contributed by atoms with Gasteiger partial charge in [-0.15, -0.1) is 0 Å². The predicted molar refractivity (Wildman–Crippen MR) is 85.2 cm³/mol. The van der Waals surface area contributed by atoms with E-state index >= 15 is 0 Å². The fourth-order valence-electron chi connectivity index (χ4n) is 2.18. The number of hydrogen-bond acceptors (Lipinski definition) is 0. The highest BCUT2D eigenvalue weighted by Crippen LogP contribution is 2.21. The zero-order chi connectivity index (χ0) is 14.5. The molecule has 4 heteroatoms. The minimum Gasteiger partial charge on any atom is -0.207 e. The summed E-state index contributed by atoms with van der Waals surface area (Å²) in [7, 11) is 0. The summed E-state index contributed by atoms with van der Waals surface area (Å²) in [5.74, 6) is -0.733. The second kappa shape index (κ2) is 7.32. The van der Waals surface area contributed by atoms with Crippen LogP contribution in [0.3, 0.4) is 0 Å². The van der Waals surface area contributed by atoms with Gasteiger partial charge in [-0.3, -0.25) is 0 Å². The van der Waals surface area contributed by atoms with Gasteiger partial charge >= 0.3 is 0 Å². The van der Waals surface area contributed by atoms with Crippen molar-refractivity contribution in [1.29, 1.82) is 0 Å². The van der Waals surface area contributed by atoms with Gasteiger partial charge in [0.2, 0.25) is 0 Å². The topological polar surface area (TPSA) is 0 Å². The molecule has 0 saturated carbocycles. The molecule has 0 N–H and O–H groups in total. The summed E-state index contributed by atoms with van der Waals surface area (Å²) in [4.78, 5) is 0. The summed E-state index contributed by atoms with van der Waals surface area (Å²) in [5, 5.41) is 0.774. The number of hydrogen-bond donors (Lipinski definition) is 0. The van der Waals surface area contributed by atoms with Gasteiger partial charge in [0.05, 0.1) is 0 Å². The molecule has 1 atom stereocenters. The average Bonchev–Trinajstić information content (AvgIpc) is 2.41. The summed E-state index contributed by atoms with van der Waals surface area (Å²) in [6, 6.07) is 11.9. The lowest BCUT2D eigenvalue weighted by atomic mass is 9.94. The van der Waals surface area contributed by atoms with E-state index in [9.17, 15) is 8.78 Å². The Morgan fingerprint density at radius 2 is 1.80 bits per heavy atom. The molecule has 0 aliphatic heterocycles. The highest BCUT2D eigenvalue weighted by molar-refractivity contribution is 9.10. The lowest BCUT2D eigenvalue weighted by Crippen LogP contribution is -2.11. The highest BCUT2D eigenvalue weighted by atomic mass is 79.9. The monoisotopic (exact) mass is 402 g/mol. The fraction of sp³-hybridized carbons (Fsp3) is 0.250. The van der Waals surface area contributed by atoms with E-state index in [-0.39, 0.29) is 5.92 Å². The van der Waals surface area contributed by atoms with E-state index in [0.29, 0.717) is 12.0 Å². The first-order valence-electron chi connectivity index (χ1n) is 6.33. The molecular weight excluding hydrogens is 390 g/mol. The van der Waals surface area contributed by atoms with Gasteiger partial charge < -0.3 is 0 Å². The molecule has 2 aromatic carbocycles. The van der Waals surface area contributed by atoms with E-state index in [4.69, 9.17) is 0 Å². The zero-order valence-electron chi connectivity index (χ0n) is 10.8. The Kier molecular flexibility index (Phi) is 5.73. The van der Waals surface area contributed by atoms with Crippen LogP contribution in [0.1, 0.15) is 11.1 Å². The van der Waals surface area contributed by atoms with Gasteiger partial charge in [-0.05, 0) is 48.1 Å². The Hall–Kier alpha value is -0.740. The predicted octanol–water partition coefficient (Wildman–Crippen LogP) is 5.52. The minimum absolute atomic E-state index is 0.268. The van der Waals surface area contributed by atoms with Crippen LogP contribution in [0, 0.1) is 17.6 Å². The maximum Gasteiger partial charge on any atom is 0.129 e. The van der Waals surface area contributed by atoms with Crippen molar-refractivity contribution in [3.63, 3.8) is 0 Å². The summed E-state index contributed by atoms with van der Waals surface area (Å²) < 4.78 is 27.6. The molecule has 0 amide bonds. The molecule has 0 aliphatic carbocycles. The summed E-state index contributed by atoms with van der Waals surface area (Å²) in [6.07, 6.45) is 1.44. The van der Waals surface area contributed by atoms with Crippen LogP contribution >= 0.6 is 31.9 Å². The van der Waals surface area contributed by atoms with Crippen molar-refractivity contribution in [3.8, 4) is 0 Å². The van der Waals surface area contributed by atoms with Crippen LogP contribution in [0.4, 0.5) is 8.78 Å². The third-order valence-electron chi connectivity index (χ3n) is 3.16. The van der Waals surface area contributed by atoms with Gasteiger partial charge in [0.15, 0.2) is 0 Å². The van der Waals surface area contributed by atoms with E-state index in [1.807, 2.05) is 12.1 Å². The molecule has 20 heavy (non-hydrogen) atoms. The molecule has 0 radical (unpaired) electrons. The second-order valence-corrected chi connectivity index (χ2v) is 6.36. The molecule has 0 fully saturated rings. The molecule has 0 aliphatic rings. The number of rotatable bonds is 5. The SMILES string of the molecule is Fc1ccc(CC(CBr)Cc2cccc(Br)c2)c(F)c1. The Labute approximate surface area is 134 Å². The van der Waals surface area contributed by atoms with Crippen molar-refractivity contribution in [2.45, 2.75) is 12.8 Å². The van der Waals surface area contributed by atoms with Crippen molar-refractivity contribution in [2.24, 2.45) is 5.92 Å². The number of alkyl halides is 1. The minimum atomic E-state index is -0.534. The standard InChI is InChI=1S/C16H14Br2F2/c17-10-12(6-11-2-1-3-14(18)8-11)7-13-4-5-15(19)9-16(13)20/h1-5,8-9,12H,6-7,10H2. The van der Waals surface area contributed by atoms with Crippen LogP contribution in [0.2, 0.25) is 0 Å². The maximum atomic E-state index is 13.7. The summed E-state index contributed by atoms with van der Waals surface area (Å²) in [6.45, 7) is 0. The molecular formula is C16H14Br2F2. The zero-order valence-corrected chi connectivity index (χ0v) is 13.9. The van der Waals surface area contributed by atoms with Gasteiger partial charge in [-0.2, -0.15) is 0 Å². The molecule has 2 aromatic rings. The smallest absolute Gasteiger partial charge is 0.129 e. The third kappa shape index (κ3) is 4.38. The maximum absolute atomic E-state index is 13.7. The van der Waals surface area contributed by atoms with Crippen molar-refractivity contribution >= 4 is 31.9 Å². The van der Waals surface area contributed by atoms with E-state index in [2.05, 4.69) is 44.0 Å². The van der Waals surface area contributed by atoms with Crippen LogP contribution in [0.25, 0.3) is 0 Å². The lowest BCUT2D eigenvalue weighted by molar-refractivity contribution is 0.537. The lowest BCUT2D eigenvalue weighted by Gasteiger charge is -2.15. The fourth-order valence-corrected chi connectivity index (χ4v) is 3.08. The summed E-state index contributed by atoms with van der Waals surface area (Å²) >= 11 is 6.93. The Balaban J connectivity index is 2.09. The van der Waals surface area contributed by atoms with Crippen LogP contribution in [-0.2, 0) is 12.8 Å². The second-order valence-electron chi connectivity index (χ2n) is 4.79. The van der Waals surface area contributed by atoms with E-state index < -0.39 is 11.6 Å². The average molecular weight is 404 g/mol. The first-order chi connectivity index (χ1) is 9.58. The third-order valence-corrected chi connectivity index (χ3v) is 4.56. The first kappa shape index (κ1) is 15.6. The largest absolute Gasteiger partial charge is 0.207 e. The van der Waals surface area contributed by atoms with Crippen molar-refractivity contribution in [3.05, 3.63) is 69.7 Å². The Morgan fingerprint density at radius 1 is 1.00 bits per heavy atom. The summed E-state index contributed by atoms with van der Waals surface area (Å²) in [5.41, 5.74) is 1.76. The number of halogens is 4.